The third kappa shape index (κ3) is 7.75. The summed E-state index contributed by atoms with van der Waals surface area (Å²) in [4.78, 5) is 42.8. The largest absolute Gasteiger partial charge is 0.493 e. The van der Waals surface area contributed by atoms with E-state index in [1.54, 1.807) is 19.3 Å². The number of anilines is 4. The van der Waals surface area contributed by atoms with E-state index < -0.39 is 17.9 Å². The molecule has 0 spiro atoms. The van der Waals surface area contributed by atoms with Gasteiger partial charge in [-0.1, -0.05) is 16.9 Å². The van der Waals surface area contributed by atoms with E-state index >= 15 is 0 Å². The Labute approximate surface area is 254 Å². The summed E-state index contributed by atoms with van der Waals surface area (Å²) >= 11 is 0. The fourth-order valence-corrected chi connectivity index (χ4v) is 4.13. The minimum absolute atomic E-state index is 0.0820. The van der Waals surface area contributed by atoms with Gasteiger partial charge in [0.2, 0.25) is 11.8 Å². The van der Waals surface area contributed by atoms with Crippen LogP contribution in [0, 0.1) is 6.92 Å². The van der Waals surface area contributed by atoms with E-state index in [4.69, 9.17) is 9.15 Å². The molecule has 234 valence electrons. The highest BCUT2D eigenvalue weighted by atomic mass is 19.4. The van der Waals surface area contributed by atoms with Crippen LogP contribution in [0.5, 0.6) is 5.88 Å². The molecule has 0 unspecified atom stereocenters. The first-order valence-electron chi connectivity index (χ1n) is 13.6. The number of carbonyl (C=O) groups excluding carboxylic acids is 1. The van der Waals surface area contributed by atoms with Crippen molar-refractivity contribution in [2.45, 2.75) is 19.5 Å². The zero-order valence-corrected chi connectivity index (χ0v) is 24.4. The molecule has 0 amide bonds. The number of rotatable bonds is 11. The first-order chi connectivity index (χ1) is 21.5. The van der Waals surface area contributed by atoms with Gasteiger partial charge < -0.3 is 29.5 Å². The first kappa shape index (κ1) is 31.0. The summed E-state index contributed by atoms with van der Waals surface area (Å²) in [6.07, 6.45) is -1.06. The van der Waals surface area contributed by atoms with Gasteiger partial charge in [-0.05, 0) is 69.4 Å². The molecule has 5 rings (SSSR count). The molecule has 2 aromatic carbocycles. The number of fused-ring (bicyclic) bond motifs is 1. The molecular weight excluding hydrogens is 595 g/mol. The van der Waals surface area contributed by atoms with Crippen molar-refractivity contribution in [3.05, 3.63) is 83.1 Å². The third-order valence-corrected chi connectivity index (χ3v) is 6.39. The molecule has 0 aliphatic rings. The van der Waals surface area contributed by atoms with Crippen molar-refractivity contribution in [1.82, 2.24) is 24.6 Å². The molecule has 45 heavy (non-hydrogen) atoms. The monoisotopic (exact) mass is 623 g/mol. The maximum Gasteiger partial charge on any atom is 0.493 e. The maximum absolute atomic E-state index is 12.7. The summed E-state index contributed by atoms with van der Waals surface area (Å²) in [5.41, 5.74) is 3.31. The average Bonchev–Trinajstić information content (AvgIpc) is 3.31. The molecule has 0 bridgehead atoms. The van der Waals surface area contributed by atoms with Crippen molar-refractivity contribution >= 4 is 40.2 Å². The van der Waals surface area contributed by atoms with Gasteiger partial charge in [0.15, 0.2) is 5.58 Å². The lowest BCUT2D eigenvalue weighted by atomic mass is 10.1. The fraction of sp³-hybridized carbons (Fsp3) is 0.233. The lowest BCUT2D eigenvalue weighted by Gasteiger charge is -2.12. The van der Waals surface area contributed by atoms with Crippen LogP contribution in [0.25, 0.3) is 22.2 Å². The van der Waals surface area contributed by atoms with Crippen molar-refractivity contribution in [2.24, 2.45) is 0 Å². The average molecular weight is 624 g/mol. The molecule has 0 saturated heterocycles. The maximum atomic E-state index is 12.7. The van der Waals surface area contributed by atoms with E-state index in [-0.39, 0.29) is 21.8 Å². The second-order valence-electron chi connectivity index (χ2n) is 10.2. The molecule has 0 aliphatic carbocycles. The van der Waals surface area contributed by atoms with Gasteiger partial charge in [-0.3, -0.25) is 0 Å². The number of ether oxygens (including phenoxy) is 1. The number of carbonyl (C=O) groups is 1. The van der Waals surface area contributed by atoms with Crippen LogP contribution >= 0.6 is 0 Å². The number of aryl methyl sites for hydroxylation is 1. The Morgan fingerprint density at radius 2 is 1.71 bits per heavy atom. The standard InChI is InChI=1S/C30H28F3N7O5/c1-18-16-35-28(37-21-8-5-19(6-9-21)20-7-12-25(34-17-20)43-14-4-13-39(2)3)38-26(18)36-22-10-11-24-23(15-22)40(29(42)44-24)45-27(41)30(31,32)33/h5-12,15-17H,4,13-14H2,1-3H3,(H2,35,36,37,38). The van der Waals surface area contributed by atoms with Crippen molar-refractivity contribution in [3.63, 3.8) is 0 Å². The van der Waals surface area contributed by atoms with Crippen LogP contribution < -0.4 is 26.0 Å². The lowest BCUT2D eigenvalue weighted by molar-refractivity contribution is -0.200. The van der Waals surface area contributed by atoms with Gasteiger partial charge in [0, 0.05) is 47.5 Å². The number of oxazole rings is 1. The Balaban J connectivity index is 1.26. The summed E-state index contributed by atoms with van der Waals surface area (Å²) in [7, 11) is 4.03. The Kier molecular flexibility index (Phi) is 8.99. The number of pyridine rings is 1. The number of alkyl halides is 3. The number of aromatic nitrogens is 4. The van der Waals surface area contributed by atoms with Crippen LogP contribution in [-0.4, -0.2) is 64.0 Å². The summed E-state index contributed by atoms with van der Waals surface area (Å²) in [5, 5.41) is 6.17. The van der Waals surface area contributed by atoms with E-state index in [2.05, 4.69) is 35.3 Å². The normalized spacial score (nSPS) is 11.5. The summed E-state index contributed by atoms with van der Waals surface area (Å²) in [6.45, 7) is 3.29. The molecule has 15 heteroatoms. The summed E-state index contributed by atoms with van der Waals surface area (Å²) in [5.74, 6) is -2.63. The molecule has 0 aliphatic heterocycles. The van der Waals surface area contributed by atoms with Crippen molar-refractivity contribution in [3.8, 4) is 17.0 Å². The highest BCUT2D eigenvalue weighted by Crippen LogP contribution is 2.26. The quantitative estimate of drug-likeness (QED) is 0.190. The van der Waals surface area contributed by atoms with E-state index in [1.807, 2.05) is 50.5 Å². The van der Waals surface area contributed by atoms with E-state index in [0.717, 1.165) is 29.8 Å². The van der Waals surface area contributed by atoms with Crippen LogP contribution in [0.15, 0.2) is 76.2 Å². The van der Waals surface area contributed by atoms with Crippen LogP contribution in [0.4, 0.5) is 36.3 Å². The third-order valence-electron chi connectivity index (χ3n) is 6.39. The van der Waals surface area contributed by atoms with Gasteiger partial charge >= 0.3 is 17.9 Å². The Morgan fingerprint density at radius 1 is 0.978 bits per heavy atom. The molecule has 0 saturated carbocycles. The van der Waals surface area contributed by atoms with Crippen molar-refractivity contribution in [1.29, 1.82) is 0 Å². The molecule has 3 heterocycles. The number of nitrogens with one attached hydrogen (secondary N) is 2. The Morgan fingerprint density at radius 3 is 2.40 bits per heavy atom. The molecule has 12 nitrogen and oxygen atoms in total. The number of halogens is 3. The lowest BCUT2D eigenvalue weighted by Crippen LogP contribution is -2.36. The van der Waals surface area contributed by atoms with Crippen LogP contribution in [0.2, 0.25) is 0 Å². The molecule has 0 fully saturated rings. The van der Waals surface area contributed by atoms with Crippen LogP contribution in [0.3, 0.4) is 0 Å². The zero-order valence-electron chi connectivity index (χ0n) is 24.4. The minimum Gasteiger partial charge on any atom is -0.478 e. The van der Waals surface area contributed by atoms with Crippen LogP contribution in [0.1, 0.15) is 12.0 Å². The smallest absolute Gasteiger partial charge is 0.478 e. The topological polar surface area (TPSA) is 137 Å². The summed E-state index contributed by atoms with van der Waals surface area (Å²) in [6, 6.07) is 15.5. The molecule has 0 atom stereocenters. The van der Waals surface area contributed by atoms with Gasteiger partial charge in [-0.25, -0.2) is 19.6 Å². The van der Waals surface area contributed by atoms with Gasteiger partial charge in [0.25, 0.3) is 0 Å². The van der Waals surface area contributed by atoms with Gasteiger partial charge in [-0.15, -0.1) is 0 Å². The van der Waals surface area contributed by atoms with Crippen LogP contribution in [-0.2, 0) is 4.79 Å². The second-order valence-corrected chi connectivity index (χ2v) is 10.2. The predicted molar refractivity (Wildman–Crippen MR) is 160 cm³/mol. The molecule has 0 radical (unpaired) electrons. The highest BCUT2D eigenvalue weighted by Gasteiger charge is 2.42. The van der Waals surface area contributed by atoms with Gasteiger partial charge in [0.1, 0.15) is 11.3 Å². The molecule has 2 N–H and O–H groups in total. The Bertz CT molecular complexity index is 1850. The first-order valence-corrected chi connectivity index (χ1v) is 13.6. The molecule has 5 aromatic rings. The SMILES string of the molecule is Cc1cnc(Nc2ccc(-c3ccc(OCCCN(C)C)nc3)cc2)nc1Nc1ccc2oc(=O)n(OC(=O)C(F)(F)F)c2c1. The highest BCUT2D eigenvalue weighted by molar-refractivity contribution is 5.81. The number of nitrogens with zero attached hydrogens (tertiary/aromatic N) is 5. The second kappa shape index (κ2) is 13.1. The zero-order chi connectivity index (χ0) is 32.1. The number of benzene rings is 2. The minimum atomic E-state index is -5.30. The van der Waals surface area contributed by atoms with Crippen molar-refractivity contribution < 1.29 is 32.0 Å². The molecular formula is C30H28F3N7O5. The fourth-order valence-electron chi connectivity index (χ4n) is 4.13. The predicted octanol–water partition coefficient (Wildman–Crippen LogP) is 5.09. The van der Waals surface area contributed by atoms with Gasteiger partial charge in [0.05, 0.1) is 6.61 Å². The Hall–Kier alpha value is -5.44. The van der Waals surface area contributed by atoms with E-state index in [1.165, 1.54) is 18.2 Å². The molecule has 3 aromatic heterocycles. The summed E-state index contributed by atoms with van der Waals surface area (Å²) < 4.78 is 48.8. The van der Waals surface area contributed by atoms with Gasteiger partial charge in [-0.2, -0.15) is 18.2 Å². The number of hydrogen-bond acceptors (Lipinski definition) is 11. The number of hydrogen-bond donors (Lipinski definition) is 2. The van der Waals surface area contributed by atoms with E-state index in [0.29, 0.717) is 29.6 Å². The van der Waals surface area contributed by atoms with Crippen molar-refractivity contribution in [2.75, 3.05) is 37.9 Å². The van der Waals surface area contributed by atoms with E-state index in [9.17, 15) is 22.8 Å².